The van der Waals surface area contributed by atoms with Crippen LogP contribution < -0.4 is 10.2 Å². The van der Waals surface area contributed by atoms with E-state index in [1.165, 1.54) is 48.8 Å². The number of halogens is 2. The van der Waals surface area contributed by atoms with Crippen LogP contribution in [-0.2, 0) is 26.2 Å². The maximum absolute atomic E-state index is 13.1. The van der Waals surface area contributed by atoms with Crippen LogP contribution in [0, 0.1) is 5.82 Å². The van der Waals surface area contributed by atoms with E-state index < -0.39 is 33.6 Å². The largest absolute Gasteiger partial charge is 0.489 e. The molecule has 11 heteroatoms. The summed E-state index contributed by atoms with van der Waals surface area (Å²) in [6.45, 7) is 1.40. The molecule has 2 N–H and O–H groups in total. The van der Waals surface area contributed by atoms with Crippen molar-refractivity contribution >= 4 is 27.5 Å². The highest BCUT2D eigenvalue weighted by atomic mass is 35.5. The van der Waals surface area contributed by atoms with Gasteiger partial charge in [0.25, 0.3) is 5.91 Å². The molecule has 0 aliphatic carbocycles. The lowest BCUT2D eigenvalue weighted by Gasteiger charge is -2.39. The van der Waals surface area contributed by atoms with Crippen molar-refractivity contribution in [1.29, 1.82) is 0 Å². The van der Waals surface area contributed by atoms with Gasteiger partial charge in [0, 0.05) is 0 Å². The molecule has 1 heterocycles. The van der Waals surface area contributed by atoms with Crippen LogP contribution in [0.5, 0.6) is 5.75 Å². The summed E-state index contributed by atoms with van der Waals surface area (Å²) >= 11 is 5.98. The number of benzene rings is 2. The minimum atomic E-state index is -4.12. The van der Waals surface area contributed by atoms with Gasteiger partial charge in [0.2, 0.25) is 10.0 Å². The fourth-order valence-corrected chi connectivity index (χ4v) is 5.13. The molecule has 162 valence electrons. The van der Waals surface area contributed by atoms with Crippen molar-refractivity contribution in [1.82, 2.24) is 9.79 Å². The molecule has 3 atom stereocenters. The molecule has 1 aliphatic heterocycles. The lowest BCUT2D eigenvalue weighted by atomic mass is 10.1. The van der Waals surface area contributed by atoms with Gasteiger partial charge in [-0.1, -0.05) is 23.7 Å². The van der Waals surface area contributed by atoms with Gasteiger partial charge in [-0.05, 0) is 48.9 Å². The molecule has 0 saturated carbocycles. The summed E-state index contributed by atoms with van der Waals surface area (Å²) < 4.78 is 51.0. The molecule has 1 saturated heterocycles. The summed E-state index contributed by atoms with van der Waals surface area (Å²) in [5, 5.41) is 8.98. The number of morpholine rings is 1. The van der Waals surface area contributed by atoms with E-state index in [2.05, 4.69) is 0 Å². The van der Waals surface area contributed by atoms with Gasteiger partial charge in [-0.2, -0.15) is 4.31 Å². The van der Waals surface area contributed by atoms with Crippen LogP contribution in [0.4, 0.5) is 4.39 Å². The molecule has 2 aromatic carbocycles. The molecule has 2 aromatic rings. The van der Waals surface area contributed by atoms with Crippen LogP contribution in [0.3, 0.4) is 0 Å². The third kappa shape index (κ3) is 4.90. The molecule has 30 heavy (non-hydrogen) atoms. The van der Waals surface area contributed by atoms with Crippen molar-refractivity contribution in [3.63, 3.8) is 0 Å². The van der Waals surface area contributed by atoms with Gasteiger partial charge < -0.3 is 9.47 Å². The fourth-order valence-electron chi connectivity index (χ4n) is 3.09. The Labute approximate surface area is 178 Å². The van der Waals surface area contributed by atoms with E-state index in [0.717, 1.165) is 9.87 Å². The number of hydroxylamine groups is 1. The van der Waals surface area contributed by atoms with Crippen LogP contribution in [0.15, 0.2) is 53.4 Å². The average Bonchev–Trinajstić information content (AvgIpc) is 2.72. The molecule has 8 nitrogen and oxygen atoms in total. The topological polar surface area (TPSA) is 105 Å². The first kappa shape index (κ1) is 22.4. The van der Waals surface area contributed by atoms with Crippen molar-refractivity contribution < 1.29 is 32.3 Å². The highest BCUT2D eigenvalue weighted by molar-refractivity contribution is 7.89. The predicted molar refractivity (Wildman–Crippen MR) is 105 cm³/mol. The van der Waals surface area contributed by atoms with Crippen LogP contribution in [-0.4, -0.2) is 48.1 Å². The molecule has 3 rings (SSSR count). The monoisotopic (exact) mass is 458 g/mol. The number of hydrogen-bond donors (Lipinski definition) is 2. The van der Waals surface area contributed by atoms with Crippen molar-refractivity contribution in [2.24, 2.45) is 0 Å². The molecule has 1 aliphatic rings. The second kappa shape index (κ2) is 9.27. The van der Waals surface area contributed by atoms with E-state index in [1.54, 1.807) is 12.1 Å². The van der Waals surface area contributed by atoms with E-state index in [1.807, 2.05) is 0 Å². The summed E-state index contributed by atoms with van der Waals surface area (Å²) in [5.74, 6) is -0.861. The number of nitrogens with zero attached hydrogens (tertiary/aromatic N) is 1. The molecule has 0 spiro atoms. The van der Waals surface area contributed by atoms with Crippen LogP contribution in [0.25, 0.3) is 0 Å². The van der Waals surface area contributed by atoms with E-state index in [0.29, 0.717) is 5.75 Å². The third-order valence-electron chi connectivity index (χ3n) is 4.57. The first-order chi connectivity index (χ1) is 14.2. The zero-order valence-electron chi connectivity index (χ0n) is 15.9. The van der Waals surface area contributed by atoms with Crippen LogP contribution in [0.1, 0.15) is 12.5 Å². The highest BCUT2D eigenvalue weighted by Crippen LogP contribution is 2.28. The number of sulfonamides is 1. The summed E-state index contributed by atoms with van der Waals surface area (Å²) in [6, 6.07) is 10.1. The highest BCUT2D eigenvalue weighted by Gasteiger charge is 2.45. The zero-order chi connectivity index (χ0) is 21.9. The summed E-state index contributed by atoms with van der Waals surface area (Å²) in [6.07, 6.45) is -0.874. The maximum Gasteiger partial charge on any atom is 0.264 e. The average molecular weight is 459 g/mol. The van der Waals surface area contributed by atoms with E-state index in [4.69, 9.17) is 26.3 Å². The van der Waals surface area contributed by atoms with Gasteiger partial charge in [0.1, 0.15) is 29.8 Å². The molecular formula is C19H20ClFN2O6S. The zero-order valence-corrected chi connectivity index (χ0v) is 17.4. The number of amides is 1. The molecule has 0 radical (unpaired) electrons. The Morgan fingerprint density at radius 3 is 2.50 bits per heavy atom. The summed E-state index contributed by atoms with van der Waals surface area (Å²) in [7, 11) is -4.12. The van der Waals surface area contributed by atoms with Crippen molar-refractivity contribution in [2.75, 3.05) is 6.54 Å². The van der Waals surface area contributed by atoms with Gasteiger partial charge >= 0.3 is 0 Å². The molecule has 1 unspecified atom stereocenters. The number of carbonyl (C=O) groups is 1. The van der Waals surface area contributed by atoms with E-state index >= 15 is 0 Å². The van der Waals surface area contributed by atoms with Gasteiger partial charge in [0.15, 0.2) is 0 Å². The standard InChI is InChI=1S/C19H20ClFN2O6S/c1-12-18(19(24)22-25)23(10-17(20)29-12)30(26,27)16-8-6-15(7-9-16)28-11-13-2-4-14(21)5-3-13/h2-9,12,17-18,25H,10-11H2,1H3,(H,22,24)/t12?,17-,18-/m1/s1. The van der Waals surface area contributed by atoms with Crippen molar-refractivity contribution in [3.05, 3.63) is 59.9 Å². The third-order valence-corrected chi connectivity index (χ3v) is 6.67. The lowest BCUT2D eigenvalue weighted by molar-refractivity contribution is -0.143. The fraction of sp³-hybridized carbons (Fsp3) is 0.316. The Morgan fingerprint density at radius 2 is 1.90 bits per heavy atom. The van der Waals surface area contributed by atoms with Gasteiger partial charge in [0.05, 0.1) is 17.5 Å². The van der Waals surface area contributed by atoms with Crippen molar-refractivity contribution in [3.8, 4) is 5.75 Å². The minimum absolute atomic E-state index is 0.0784. The summed E-state index contributed by atoms with van der Waals surface area (Å²) in [5.41, 5.74) is 1.27. The van der Waals surface area contributed by atoms with Crippen LogP contribution in [0.2, 0.25) is 0 Å². The number of hydrogen-bond acceptors (Lipinski definition) is 6. The SMILES string of the molecule is CC1O[C@@H](Cl)CN(S(=O)(=O)c2ccc(OCc3ccc(F)cc3)cc2)[C@H]1C(=O)NO. The van der Waals surface area contributed by atoms with Gasteiger partial charge in [-0.15, -0.1) is 0 Å². The normalized spacial score (nSPS) is 22.5. The van der Waals surface area contributed by atoms with Gasteiger partial charge in [-0.3, -0.25) is 10.0 Å². The molecular weight excluding hydrogens is 439 g/mol. The number of carbonyl (C=O) groups excluding carboxylic acids is 1. The van der Waals surface area contributed by atoms with Gasteiger partial charge in [-0.25, -0.2) is 18.3 Å². The number of rotatable bonds is 6. The number of alkyl halides is 1. The molecule has 0 bridgehead atoms. The van der Waals surface area contributed by atoms with E-state index in [-0.39, 0.29) is 23.9 Å². The molecule has 1 amide bonds. The second-order valence-corrected chi connectivity index (χ2v) is 9.01. The first-order valence-electron chi connectivity index (χ1n) is 8.95. The quantitative estimate of drug-likeness (QED) is 0.391. The minimum Gasteiger partial charge on any atom is -0.489 e. The first-order valence-corrected chi connectivity index (χ1v) is 10.8. The van der Waals surface area contributed by atoms with Crippen LogP contribution >= 0.6 is 11.6 Å². The Hall–Kier alpha value is -2.24. The summed E-state index contributed by atoms with van der Waals surface area (Å²) in [4.78, 5) is 12.0. The Bertz CT molecular complexity index is 987. The molecule has 0 aromatic heterocycles. The Morgan fingerprint density at radius 1 is 1.27 bits per heavy atom. The Kier molecular flexibility index (Phi) is 6.94. The molecule has 1 fully saturated rings. The van der Waals surface area contributed by atoms with Crippen molar-refractivity contribution in [2.45, 2.75) is 36.1 Å². The predicted octanol–water partition coefficient (Wildman–Crippen LogP) is 2.25. The number of ether oxygens (including phenoxy) is 2. The smallest absolute Gasteiger partial charge is 0.264 e. The lowest BCUT2D eigenvalue weighted by Crippen LogP contribution is -2.60. The van der Waals surface area contributed by atoms with E-state index in [9.17, 15) is 17.6 Å². The Balaban J connectivity index is 1.77. The second-order valence-electron chi connectivity index (χ2n) is 6.63. The maximum atomic E-state index is 13.1. The number of nitrogens with one attached hydrogen (secondary N) is 1.